The van der Waals surface area contributed by atoms with E-state index in [1.807, 2.05) is 43.7 Å². The van der Waals surface area contributed by atoms with Gasteiger partial charge in [-0.05, 0) is 32.2 Å². The molecule has 1 N–H and O–H groups in total. The van der Waals surface area contributed by atoms with Crippen LogP contribution in [0.3, 0.4) is 0 Å². The number of carbonyl (C=O) groups excluding carboxylic acids is 1. The fourth-order valence-corrected chi connectivity index (χ4v) is 5.34. The fraction of sp³-hybridized carbons (Fsp3) is 0.316. The first kappa shape index (κ1) is 19.9. The van der Waals surface area contributed by atoms with Crippen molar-refractivity contribution < 1.29 is 4.79 Å². The molecule has 8 heteroatoms. The van der Waals surface area contributed by atoms with Crippen LogP contribution < -0.4 is 10.9 Å². The lowest BCUT2D eigenvalue weighted by molar-refractivity contribution is -0.120. The second-order valence-corrected chi connectivity index (χ2v) is 9.44. The van der Waals surface area contributed by atoms with Crippen molar-refractivity contribution in [3.63, 3.8) is 0 Å². The molecule has 27 heavy (non-hydrogen) atoms. The second kappa shape index (κ2) is 8.41. The summed E-state index contributed by atoms with van der Waals surface area (Å²) in [5.74, 6) is -0.0695. The maximum absolute atomic E-state index is 13.2. The standard InChI is InChI=1S/C19H21N3O2S3/c1-5-8-22-18(24)15-13(14-7-6-9-25-14)10-26-17(15)21-19(22)27-12(4)16(23)20-11(2)3/h5-7,9-12H,1,8H2,2-4H3,(H,20,23). The first-order valence-corrected chi connectivity index (χ1v) is 11.2. The van der Waals surface area contributed by atoms with Gasteiger partial charge >= 0.3 is 0 Å². The third kappa shape index (κ3) is 4.17. The molecule has 3 rings (SSSR count). The molecule has 0 bridgehead atoms. The van der Waals surface area contributed by atoms with Gasteiger partial charge in [-0.1, -0.05) is 23.9 Å². The lowest BCUT2D eigenvalue weighted by atomic mass is 10.2. The van der Waals surface area contributed by atoms with Gasteiger partial charge in [0.2, 0.25) is 5.91 Å². The number of fused-ring (bicyclic) bond motifs is 1. The van der Waals surface area contributed by atoms with Crippen LogP contribution in [0.5, 0.6) is 0 Å². The lowest BCUT2D eigenvalue weighted by Crippen LogP contribution is -2.36. The highest BCUT2D eigenvalue weighted by molar-refractivity contribution is 8.00. The number of amides is 1. The number of rotatable bonds is 7. The molecule has 3 aromatic heterocycles. The summed E-state index contributed by atoms with van der Waals surface area (Å²) in [4.78, 5) is 31.9. The zero-order valence-electron chi connectivity index (χ0n) is 15.4. The Morgan fingerprint density at radius 1 is 1.41 bits per heavy atom. The molecule has 0 saturated heterocycles. The molecule has 0 aliphatic rings. The summed E-state index contributed by atoms with van der Waals surface area (Å²) in [6.07, 6.45) is 1.68. The zero-order valence-corrected chi connectivity index (χ0v) is 17.8. The van der Waals surface area contributed by atoms with Crippen molar-refractivity contribution >= 4 is 50.6 Å². The summed E-state index contributed by atoms with van der Waals surface area (Å²) in [7, 11) is 0. The number of hydrogen-bond donors (Lipinski definition) is 1. The first-order valence-electron chi connectivity index (χ1n) is 8.56. The average Bonchev–Trinajstić information content (AvgIpc) is 3.26. The summed E-state index contributed by atoms with van der Waals surface area (Å²) in [6.45, 7) is 9.78. The van der Waals surface area contributed by atoms with Gasteiger partial charge in [-0.15, -0.1) is 29.3 Å². The van der Waals surface area contributed by atoms with Crippen LogP contribution in [0.25, 0.3) is 20.7 Å². The molecular formula is C19H21N3O2S3. The highest BCUT2D eigenvalue weighted by atomic mass is 32.2. The molecule has 0 aliphatic carbocycles. The normalized spacial score (nSPS) is 12.4. The summed E-state index contributed by atoms with van der Waals surface area (Å²) >= 11 is 4.35. The Labute approximate surface area is 170 Å². The Morgan fingerprint density at radius 3 is 2.81 bits per heavy atom. The van der Waals surface area contributed by atoms with Gasteiger partial charge in [0, 0.05) is 28.4 Å². The maximum Gasteiger partial charge on any atom is 0.263 e. The van der Waals surface area contributed by atoms with Crippen molar-refractivity contribution in [3.05, 3.63) is 45.9 Å². The topological polar surface area (TPSA) is 64.0 Å². The van der Waals surface area contributed by atoms with Crippen LogP contribution >= 0.6 is 34.4 Å². The Hall–Kier alpha value is -1.90. The van der Waals surface area contributed by atoms with Crippen LogP contribution in [-0.2, 0) is 11.3 Å². The predicted molar refractivity (Wildman–Crippen MR) is 116 cm³/mol. The summed E-state index contributed by atoms with van der Waals surface area (Å²) in [5, 5.41) is 7.69. The molecule has 5 nitrogen and oxygen atoms in total. The van der Waals surface area contributed by atoms with Crippen LogP contribution in [0, 0.1) is 0 Å². The molecule has 0 fully saturated rings. The van der Waals surface area contributed by atoms with E-state index in [-0.39, 0.29) is 22.8 Å². The van der Waals surface area contributed by atoms with E-state index >= 15 is 0 Å². The average molecular weight is 420 g/mol. The molecule has 3 heterocycles. The highest BCUT2D eigenvalue weighted by Gasteiger charge is 2.21. The Morgan fingerprint density at radius 2 is 2.19 bits per heavy atom. The zero-order chi connectivity index (χ0) is 19.6. The third-order valence-electron chi connectivity index (χ3n) is 3.84. The second-order valence-electron chi connectivity index (χ2n) is 6.33. The minimum atomic E-state index is -0.357. The molecule has 3 aromatic rings. The molecule has 0 aliphatic heterocycles. The van der Waals surface area contributed by atoms with Gasteiger partial charge < -0.3 is 5.32 Å². The van der Waals surface area contributed by atoms with Crippen molar-refractivity contribution in [3.8, 4) is 10.4 Å². The lowest BCUT2D eigenvalue weighted by Gasteiger charge is -2.16. The summed E-state index contributed by atoms with van der Waals surface area (Å²) < 4.78 is 1.60. The predicted octanol–water partition coefficient (Wildman–Crippen LogP) is 4.38. The summed E-state index contributed by atoms with van der Waals surface area (Å²) in [6, 6.07) is 4.04. The SMILES string of the molecule is C=CCn1c(SC(C)C(=O)NC(C)C)nc2scc(-c3cccs3)c2c1=O. The number of carbonyl (C=O) groups is 1. The van der Waals surface area contributed by atoms with Crippen molar-refractivity contribution in [1.29, 1.82) is 0 Å². The van der Waals surface area contributed by atoms with Gasteiger partial charge in [-0.3, -0.25) is 14.2 Å². The van der Waals surface area contributed by atoms with E-state index in [1.165, 1.54) is 23.1 Å². The minimum Gasteiger partial charge on any atom is -0.353 e. The number of nitrogens with zero attached hydrogens (tertiary/aromatic N) is 2. The number of thioether (sulfide) groups is 1. The first-order chi connectivity index (χ1) is 12.9. The van der Waals surface area contributed by atoms with Crippen molar-refractivity contribution in [2.45, 2.75) is 43.8 Å². The van der Waals surface area contributed by atoms with Gasteiger partial charge in [0.15, 0.2) is 5.16 Å². The van der Waals surface area contributed by atoms with E-state index in [4.69, 9.17) is 4.98 Å². The number of aromatic nitrogens is 2. The minimum absolute atomic E-state index is 0.0667. The number of hydrogen-bond acceptors (Lipinski definition) is 6. The van der Waals surface area contributed by atoms with Crippen molar-refractivity contribution in [1.82, 2.24) is 14.9 Å². The van der Waals surface area contributed by atoms with Crippen LogP contribution in [0.1, 0.15) is 20.8 Å². The molecule has 0 aromatic carbocycles. The fourth-order valence-electron chi connectivity index (χ4n) is 2.61. The maximum atomic E-state index is 13.2. The van der Waals surface area contributed by atoms with E-state index in [1.54, 1.807) is 22.0 Å². The molecule has 1 amide bonds. The molecule has 0 saturated carbocycles. The van der Waals surface area contributed by atoms with Crippen LogP contribution in [0.2, 0.25) is 0 Å². The van der Waals surface area contributed by atoms with E-state index < -0.39 is 0 Å². The van der Waals surface area contributed by atoms with E-state index in [0.29, 0.717) is 21.9 Å². The van der Waals surface area contributed by atoms with Gasteiger partial charge in [0.05, 0.1) is 10.6 Å². The molecule has 0 spiro atoms. The van der Waals surface area contributed by atoms with E-state index in [0.717, 1.165) is 10.4 Å². The number of thiophene rings is 2. The smallest absolute Gasteiger partial charge is 0.263 e. The summed E-state index contributed by atoms with van der Waals surface area (Å²) in [5.41, 5.74) is 0.825. The van der Waals surface area contributed by atoms with Gasteiger partial charge in [0.25, 0.3) is 5.56 Å². The largest absolute Gasteiger partial charge is 0.353 e. The Kier molecular flexibility index (Phi) is 6.18. The quantitative estimate of drug-likeness (QED) is 0.351. The van der Waals surface area contributed by atoms with Gasteiger partial charge in [-0.25, -0.2) is 4.98 Å². The van der Waals surface area contributed by atoms with Gasteiger partial charge in [-0.2, -0.15) is 0 Å². The molecular weight excluding hydrogens is 398 g/mol. The van der Waals surface area contributed by atoms with E-state index in [9.17, 15) is 9.59 Å². The highest BCUT2D eigenvalue weighted by Crippen LogP contribution is 2.35. The number of nitrogens with one attached hydrogen (secondary N) is 1. The van der Waals surface area contributed by atoms with Crippen LogP contribution in [0.4, 0.5) is 0 Å². The van der Waals surface area contributed by atoms with Crippen LogP contribution in [-0.4, -0.2) is 26.8 Å². The van der Waals surface area contributed by atoms with Crippen molar-refractivity contribution in [2.24, 2.45) is 0 Å². The van der Waals surface area contributed by atoms with Crippen molar-refractivity contribution in [2.75, 3.05) is 0 Å². The van der Waals surface area contributed by atoms with Crippen LogP contribution in [0.15, 0.2) is 45.5 Å². The molecule has 1 unspecified atom stereocenters. The third-order valence-corrected chi connectivity index (χ3v) is 6.70. The monoisotopic (exact) mass is 419 g/mol. The van der Waals surface area contributed by atoms with E-state index in [2.05, 4.69) is 11.9 Å². The van der Waals surface area contributed by atoms with Gasteiger partial charge in [0.1, 0.15) is 4.83 Å². The Bertz CT molecular complexity index is 1020. The molecule has 0 radical (unpaired) electrons. The Balaban J connectivity index is 2.06. The molecule has 142 valence electrons. The molecule has 1 atom stereocenters. The number of allylic oxidation sites excluding steroid dienone is 1.